The average molecular weight is 795 g/mol. The van der Waals surface area contributed by atoms with Gasteiger partial charge < -0.3 is 0 Å². The molecular formula is C56H108N+. The van der Waals surface area contributed by atoms with Crippen LogP contribution in [0.25, 0.3) is 0 Å². The molecule has 336 valence electrons. The third kappa shape index (κ3) is 39.1. The van der Waals surface area contributed by atoms with Gasteiger partial charge in [0.15, 0.2) is 12.4 Å². The van der Waals surface area contributed by atoms with Gasteiger partial charge in [-0.1, -0.05) is 284 Å². The number of unbranched alkanes of at least 4 members (excludes halogenated alkanes) is 42. The summed E-state index contributed by atoms with van der Waals surface area (Å²) in [7, 11) is 0. The first-order valence-corrected chi connectivity index (χ1v) is 27.3. The molecule has 0 bridgehead atoms. The second kappa shape index (κ2) is 46.2. The quantitative estimate of drug-likeness (QED) is 0.0457. The average Bonchev–Trinajstić information content (AvgIpc) is 3.22. The zero-order valence-electron chi connectivity index (χ0n) is 40.1. The summed E-state index contributed by atoms with van der Waals surface area (Å²) in [6.07, 6.45) is 72.7. The molecule has 1 aromatic heterocycles. The summed E-state index contributed by atoms with van der Waals surface area (Å²) in [5, 5.41) is 0. The molecule has 0 unspecified atom stereocenters. The maximum absolute atomic E-state index is 2.58. The normalized spacial score (nSPS) is 11.6. The number of nitrogens with zero attached hydrogens (tertiary/aromatic N) is 1. The van der Waals surface area contributed by atoms with Gasteiger partial charge in [0.2, 0.25) is 0 Å². The summed E-state index contributed by atoms with van der Waals surface area (Å²) in [5.74, 6) is 0. The monoisotopic (exact) mass is 795 g/mol. The van der Waals surface area contributed by atoms with Gasteiger partial charge in [-0.15, -0.1) is 0 Å². The van der Waals surface area contributed by atoms with Crippen LogP contribution in [0.2, 0.25) is 0 Å². The van der Waals surface area contributed by atoms with Gasteiger partial charge >= 0.3 is 0 Å². The Hall–Kier alpha value is -0.850. The fourth-order valence-corrected chi connectivity index (χ4v) is 9.27. The van der Waals surface area contributed by atoms with E-state index in [9.17, 15) is 0 Å². The van der Waals surface area contributed by atoms with Gasteiger partial charge in [-0.2, -0.15) is 0 Å². The smallest absolute Gasteiger partial charge is 0.172 e. The maximum Gasteiger partial charge on any atom is 0.172 e. The van der Waals surface area contributed by atoms with Crippen molar-refractivity contribution in [2.75, 3.05) is 0 Å². The summed E-state index contributed by atoms with van der Waals surface area (Å²) in [6.45, 7) is 8.16. The Balaban J connectivity index is 2.27. The van der Waals surface area contributed by atoms with E-state index in [1.165, 1.54) is 308 Å². The van der Waals surface area contributed by atoms with Crippen molar-refractivity contribution in [1.29, 1.82) is 0 Å². The molecule has 0 radical (unpaired) electrons. The minimum Gasteiger partial charge on any atom is -0.205 e. The molecule has 0 saturated carbocycles. The van der Waals surface area contributed by atoms with Crippen LogP contribution in [-0.4, -0.2) is 0 Å². The van der Waals surface area contributed by atoms with Crippen LogP contribution in [0.3, 0.4) is 0 Å². The first-order chi connectivity index (χ1) is 28.3. The van der Waals surface area contributed by atoms with E-state index in [-0.39, 0.29) is 0 Å². The Kier molecular flexibility index (Phi) is 43.9. The van der Waals surface area contributed by atoms with E-state index in [1.54, 1.807) is 11.1 Å². The van der Waals surface area contributed by atoms with Crippen LogP contribution in [0.4, 0.5) is 0 Å². The largest absolute Gasteiger partial charge is 0.205 e. The van der Waals surface area contributed by atoms with Crippen molar-refractivity contribution in [3.05, 3.63) is 29.6 Å². The Bertz CT molecular complexity index is 889. The topological polar surface area (TPSA) is 3.88 Å². The summed E-state index contributed by atoms with van der Waals surface area (Å²) < 4.78 is 2.55. The molecule has 0 spiro atoms. The lowest BCUT2D eigenvalue weighted by molar-refractivity contribution is -0.697. The summed E-state index contributed by atoms with van der Waals surface area (Å²) in [5.41, 5.74) is 3.35. The maximum atomic E-state index is 2.58. The van der Waals surface area contributed by atoms with E-state index in [4.69, 9.17) is 0 Å². The number of aryl methyl sites for hydroxylation is 3. The van der Waals surface area contributed by atoms with Gasteiger partial charge in [0, 0.05) is 18.1 Å². The number of rotatable bonds is 48. The molecule has 1 nitrogen and oxygen atoms in total. The molecule has 0 N–H and O–H groups in total. The Morgan fingerprint density at radius 3 is 0.772 bits per heavy atom. The lowest BCUT2D eigenvalue weighted by Crippen LogP contribution is -2.34. The van der Waals surface area contributed by atoms with Crippen molar-refractivity contribution >= 4 is 0 Å². The molecule has 0 fully saturated rings. The lowest BCUT2D eigenvalue weighted by atomic mass is 9.97. The van der Waals surface area contributed by atoms with Gasteiger partial charge in [0.05, 0.1) is 0 Å². The van der Waals surface area contributed by atoms with Crippen molar-refractivity contribution in [3.63, 3.8) is 0 Å². The van der Waals surface area contributed by atoms with Crippen molar-refractivity contribution in [3.8, 4) is 0 Å². The summed E-state index contributed by atoms with van der Waals surface area (Å²) >= 11 is 0. The fraction of sp³-hybridized carbons (Fsp3) is 0.911. The van der Waals surface area contributed by atoms with E-state index in [0.717, 1.165) is 0 Å². The fourth-order valence-electron chi connectivity index (χ4n) is 9.27. The molecular weight excluding hydrogens is 687 g/mol. The van der Waals surface area contributed by atoms with Gasteiger partial charge in [-0.05, 0) is 37.7 Å². The summed E-state index contributed by atoms with van der Waals surface area (Å²) in [4.78, 5) is 0. The molecule has 0 amide bonds. The molecule has 0 saturated heterocycles. The number of hydrogen-bond donors (Lipinski definition) is 0. The van der Waals surface area contributed by atoms with Crippen molar-refractivity contribution < 1.29 is 4.57 Å². The van der Waals surface area contributed by atoms with Crippen molar-refractivity contribution in [2.45, 2.75) is 329 Å². The zero-order chi connectivity index (χ0) is 40.8. The standard InChI is InChI=1S/C56H108N/c1-4-7-10-13-16-19-22-25-28-31-34-37-40-43-46-49-55-51-53-57(52-48-45-42-39-36-33-30-27-24-21-18-15-12-9-6-3)54-56(55)50-47-44-41-38-35-32-29-26-23-20-17-14-11-8-5-2/h51,53-54H,4-50,52H2,1-3H3/q+1. The molecule has 57 heavy (non-hydrogen) atoms. The first-order valence-electron chi connectivity index (χ1n) is 27.3. The first kappa shape index (κ1) is 54.2. The highest BCUT2D eigenvalue weighted by Gasteiger charge is 2.10. The van der Waals surface area contributed by atoms with Crippen molar-refractivity contribution in [2.24, 2.45) is 0 Å². The lowest BCUT2D eigenvalue weighted by Gasteiger charge is -2.10. The third-order valence-electron chi connectivity index (χ3n) is 13.3. The van der Waals surface area contributed by atoms with Crippen LogP contribution in [0.15, 0.2) is 18.5 Å². The molecule has 0 aromatic carbocycles. The SMILES string of the molecule is CCCCCCCCCCCCCCCCCc1cc[n+](CCCCCCCCCCCCCCCCC)cc1CCCCCCCCCCCCCCCCC. The summed E-state index contributed by atoms with van der Waals surface area (Å²) in [6, 6.07) is 2.52. The number of aromatic nitrogens is 1. The van der Waals surface area contributed by atoms with Crippen molar-refractivity contribution in [1.82, 2.24) is 0 Å². The Labute approximate surface area is 361 Å². The van der Waals surface area contributed by atoms with Gasteiger partial charge in [0.25, 0.3) is 0 Å². The van der Waals surface area contributed by atoms with Crippen LogP contribution >= 0.6 is 0 Å². The van der Waals surface area contributed by atoms with Crippen LogP contribution in [-0.2, 0) is 19.4 Å². The number of hydrogen-bond acceptors (Lipinski definition) is 0. The van der Waals surface area contributed by atoms with Crippen LogP contribution in [0.5, 0.6) is 0 Å². The van der Waals surface area contributed by atoms with Gasteiger partial charge in [0.1, 0.15) is 6.54 Å². The predicted molar refractivity (Wildman–Crippen MR) is 259 cm³/mol. The molecule has 0 aliphatic heterocycles. The van der Waals surface area contributed by atoms with E-state index in [0.29, 0.717) is 0 Å². The van der Waals surface area contributed by atoms with E-state index >= 15 is 0 Å². The highest BCUT2D eigenvalue weighted by atomic mass is 14.9. The minimum atomic E-state index is 1.21. The molecule has 0 aliphatic rings. The van der Waals surface area contributed by atoms with Crippen LogP contribution in [0, 0.1) is 0 Å². The highest BCUT2D eigenvalue weighted by molar-refractivity contribution is 5.21. The second-order valence-corrected chi connectivity index (χ2v) is 19.1. The van der Waals surface area contributed by atoms with E-state index in [2.05, 4.69) is 43.8 Å². The molecule has 1 heteroatoms. The van der Waals surface area contributed by atoms with E-state index < -0.39 is 0 Å². The molecule has 1 heterocycles. The third-order valence-corrected chi connectivity index (χ3v) is 13.3. The predicted octanol–water partition coefficient (Wildman–Crippen LogP) is 19.7. The molecule has 1 rings (SSSR count). The molecule has 1 aromatic rings. The number of pyridine rings is 1. The highest BCUT2D eigenvalue weighted by Crippen LogP contribution is 2.19. The zero-order valence-corrected chi connectivity index (χ0v) is 40.1. The molecule has 0 atom stereocenters. The Morgan fingerprint density at radius 1 is 0.263 bits per heavy atom. The van der Waals surface area contributed by atoms with Gasteiger partial charge in [-0.25, -0.2) is 4.57 Å². The van der Waals surface area contributed by atoms with Crippen LogP contribution in [0.1, 0.15) is 321 Å². The van der Waals surface area contributed by atoms with Crippen LogP contribution < -0.4 is 4.57 Å². The van der Waals surface area contributed by atoms with E-state index in [1.807, 2.05) is 0 Å². The molecule has 0 aliphatic carbocycles. The van der Waals surface area contributed by atoms with Gasteiger partial charge in [-0.3, -0.25) is 0 Å². The second-order valence-electron chi connectivity index (χ2n) is 19.1. The Morgan fingerprint density at radius 2 is 0.491 bits per heavy atom. The minimum absolute atomic E-state index is 1.21.